The molecule has 0 bridgehead atoms. The Morgan fingerprint density at radius 2 is 1.88 bits per heavy atom. The quantitative estimate of drug-likeness (QED) is 0.450. The molecule has 1 aromatic heterocycles. The van der Waals surface area contributed by atoms with Crippen LogP contribution in [0.1, 0.15) is 36.0 Å². The molecule has 1 saturated heterocycles. The molecule has 178 valence electrons. The number of carbonyl (C=O) groups is 2. The predicted octanol–water partition coefficient (Wildman–Crippen LogP) is 5.07. The number of carbonyl (C=O) groups excluding carboxylic acids is 2. The van der Waals surface area contributed by atoms with Crippen molar-refractivity contribution in [3.05, 3.63) is 64.0 Å². The summed E-state index contributed by atoms with van der Waals surface area (Å²) in [7, 11) is 0. The van der Waals surface area contributed by atoms with Gasteiger partial charge in [-0.3, -0.25) is 9.69 Å². The lowest BCUT2D eigenvalue weighted by molar-refractivity contribution is -0.121. The lowest BCUT2D eigenvalue weighted by Gasteiger charge is -2.30. The van der Waals surface area contributed by atoms with Gasteiger partial charge in [0.25, 0.3) is 0 Å². The maximum atomic E-state index is 12.8. The summed E-state index contributed by atoms with van der Waals surface area (Å²) in [6.45, 7) is 4.00. The van der Waals surface area contributed by atoms with Gasteiger partial charge in [0.05, 0.1) is 29.4 Å². The molecule has 1 N–H and O–H groups in total. The number of hydrogen-bond donors (Lipinski definition) is 1. The Hall–Kier alpha value is -2.94. The van der Waals surface area contributed by atoms with Crippen molar-refractivity contribution in [1.82, 2.24) is 15.0 Å². The topological polar surface area (TPSA) is 97.6 Å². The highest BCUT2D eigenvalue weighted by molar-refractivity contribution is 6.34. The van der Waals surface area contributed by atoms with Gasteiger partial charge in [0.1, 0.15) is 0 Å². The fourth-order valence-electron chi connectivity index (χ4n) is 3.77. The van der Waals surface area contributed by atoms with Crippen molar-refractivity contribution in [1.29, 1.82) is 0 Å². The van der Waals surface area contributed by atoms with Gasteiger partial charge >= 0.3 is 5.97 Å². The Balaban J connectivity index is 1.28. The van der Waals surface area contributed by atoms with E-state index in [9.17, 15) is 9.59 Å². The zero-order chi connectivity index (χ0) is 24.1. The maximum absolute atomic E-state index is 12.8. The molecular formula is C24H24Cl2N4O4. The Morgan fingerprint density at radius 1 is 1.15 bits per heavy atom. The second-order valence-electron chi connectivity index (χ2n) is 7.97. The second kappa shape index (κ2) is 11.0. The zero-order valence-electron chi connectivity index (χ0n) is 18.6. The van der Waals surface area contributed by atoms with Gasteiger partial charge in [-0.15, -0.1) is 0 Å². The third-order valence-electron chi connectivity index (χ3n) is 5.63. The molecule has 0 spiro atoms. The number of halogens is 2. The minimum absolute atomic E-state index is 0.0896. The molecule has 3 aromatic rings. The summed E-state index contributed by atoms with van der Waals surface area (Å²) in [6, 6.07) is 12.0. The van der Waals surface area contributed by atoms with Crippen LogP contribution in [0.4, 0.5) is 5.69 Å². The van der Waals surface area contributed by atoms with E-state index in [2.05, 4.69) is 20.4 Å². The van der Waals surface area contributed by atoms with Gasteiger partial charge in [-0.05, 0) is 75.3 Å². The molecule has 10 heteroatoms. The number of piperidine rings is 1. The first kappa shape index (κ1) is 24.2. The summed E-state index contributed by atoms with van der Waals surface area (Å²) >= 11 is 12.2. The predicted molar refractivity (Wildman–Crippen MR) is 129 cm³/mol. The van der Waals surface area contributed by atoms with Crippen molar-refractivity contribution in [2.75, 3.05) is 25.0 Å². The third-order valence-corrected chi connectivity index (χ3v) is 6.19. The summed E-state index contributed by atoms with van der Waals surface area (Å²) in [5.41, 5.74) is 1.66. The van der Waals surface area contributed by atoms with E-state index in [1.807, 2.05) is 12.1 Å². The Kier molecular flexibility index (Phi) is 7.82. The lowest BCUT2D eigenvalue weighted by Crippen LogP contribution is -2.37. The molecule has 0 aliphatic carbocycles. The van der Waals surface area contributed by atoms with E-state index in [0.29, 0.717) is 52.4 Å². The van der Waals surface area contributed by atoms with Gasteiger partial charge in [-0.2, -0.15) is 4.98 Å². The summed E-state index contributed by atoms with van der Waals surface area (Å²) < 4.78 is 10.4. The van der Waals surface area contributed by atoms with Gasteiger partial charge in [0.2, 0.25) is 17.6 Å². The molecule has 34 heavy (non-hydrogen) atoms. The zero-order valence-corrected chi connectivity index (χ0v) is 20.1. The third kappa shape index (κ3) is 5.94. The van der Waals surface area contributed by atoms with E-state index in [-0.39, 0.29) is 18.4 Å². The van der Waals surface area contributed by atoms with Crippen LogP contribution in [-0.4, -0.2) is 46.6 Å². The lowest BCUT2D eigenvalue weighted by atomic mass is 9.96. The highest BCUT2D eigenvalue weighted by Crippen LogP contribution is 2.26. The number of anilines is 1. The normalized spacial score (nSPS) is 14.7. The fourth-order valence-corrected chi connectivity index (χ4v) is 4.13. The molecule has 0 radical (unpaired) electrons. The summed E-state index contributed by atoms with van der Waals surface area (Å²) in [4.78, 5) is 31.2. The number of nitrogens with zero attached hydrogens (tertiary/aromatic N) is 3. The molecule has 0 atom stereocenters. The molecular weight excluding hydrogens is 479 g/mol. The Bertz CT molecular complexity index is 1160. The highest BCUT2D eigenvalue weighted by atomic mass is 35.5. The number of rotatable bonds is 7. The summed E-state index contributed by atoms with van der Waals surface area (Å²) in [6.07, 6.45) is 1.39. The number of aromatic nitrogens is 2. The average molecular weight is 503 g/mol. The first-order valence-corrected chi connectivity index (χ1v) is 11.8. The molecule has 8 nitrogen and oxygen atoms in total. The second-order valence-corrected chi connectivity index (χ2v) is 8.82. The average Bonchev–Trinajstić information content (AvgIpc) is 3.30. The Labute approximate surface area is 207 Å². The van der Waals surface area contributed by atoms with Crippen molar-refractivity contribution < 1.29 is 18.8 Å². The number of amides is 1. The minimum Gasteiger partial charge on any atom is -0.462 e. The monoisotopic (exact) mass is 502 g/mol. The fraction of sp³-hybridized carbons (Fsp3) is 0.333. The first-order valence-electron chi connectivity index (χ1n) is 11.0. The van der Waals surface area contributed by atoms with Crippen LogP contribution >= 0.6 is 23.2 Å². The van der Waals surface area contributed by atoms with Crippen LogP contribution in [0.3, 0.4) is 0 Å². The van der Waals surface area contributed by atoms with Crippen molar-refractivity contribution in [2.24, 2.45) is 5.92 Å². The SMILES string of the molecule is CCOC(=O)c1ccc(NC(=O)C2CCN(Cc3nc(-c4ccc(Cl)cc4)no3)CC2)c(Cl)c1. The molecule has 2 heterocycles. The molecule has 0 unspecified atom stereocenters. The number of nitrogens with one attached hydrogen (secondary N) is 1. The van der Waals surface area contributed by atoms with Crippen molar-refractivity contribution in [3.8, 4) is 11.4 Å². The largest absolute Gasteiger partial charge is 0.462 e. The molecule has 1 aliphatic heterocycles. The van der Waals surface area contributed by atoms with Gasteiger partial charge in [-0.25, -0.2) is 4.79 Å². The van der Waals surface area contributed by atoms with Crippen LogP contribution < -0.4 is 5.32 Å². The van der Waals surface area contributed by atoms with Gasteiger partial charge < -0.3 is 14.6 Å². The van der Waals surface area contributed by atoms with Crippen LogP contribution in [0, 0.1) is 5.92 Å². The molecule has 1 amide bonds. The van der Waals surface area contributed by atoms with E-state index in [1.54, 1.807) is 31.2 Å². The molecule has 0 saturated carbocycles. The maximum Gasteiger partial charge on any atom is 0.338 e. The highest BCUT2D eigenvalue weighted by Gasteiger charge is 2.26. The van der Waals surface area contributed by atoms with Gasteiger partial charge in [0.15, 0.2) is 0 Å². The molecule has 1 aliphatic rings. The van der Waals surface area contributed by atoms with Gasteiger partial charge in [-0.1, -0.05) is 28.4 Å². The van der Waals surface area contributed by atoms with Crippen LogP contribution in [-0.2, 0) is 16.1 Å². The van der Waals surface area contributed by atoms with E-state index in [1.165, 1.54) is 6.07 Å². The van der Waals surface area contributed by atoms with E-state index < -0.39 is 5.97 Å². The van der Waals surface area contributed by atoms with Crippen molar-refractivity contribution >= 4 is 40.8 Å². The standard InChI is InChI=1S/C24H24Cl2N4O4/c1-2-33-24(32)17-5-8-20(19(26)13-17)27-23(31)16-9-11-30(12-10-16)14-21-28-22(29-34-21)15-3-6-18(25)7-4-15/h3-8,13,16H,2,9-12,14H2,1H3,(H,27,31). The molecule has 4 rings (SSSR count). The molecule has 1 fully saturated rings. The number of benzene rings is 2. The van der Waals surface area contributed by atoms with Crippen LogP contribution in [0.2, 0.25) is 10.0 Å². The number of ether oxygens (including phenoxy) is 1. The van der Waals surface area contributed by atoms with Crippen LogP contribution in [0.25, 0.3) is 11.4 Å². The summed E-state index contributed by atoms with van der Waals surface area (Å²) in [5.74, 6) is 0.377. The molecule has 2 aromatic carbocycles. The number of hydrogen-bond acceptors (Lipinski definition) is 7. The van der Waals surface area contributed by atoms with E-state index in [0.717, 1.165) is 18.7 Å². The smallest absolute Gasteiger partial charge is 0.338 e. The Morgan fingerprint density at radius 3 is 2.56 bits per heavy atom. The van der Waals surface area contributed by atoms with Crippen molar-refractivity contribution in [3.63, 3.8) is 0 Å². The summed E-state index contributed by atoms with van der Waals surface area (Å²) in [5, 5.41) is 7.87. The number of likely N-dealkylation sites (tertiary alicyclic amines) is 1. The minimum atomic E-state index is -0.448. The first-order chi connectivity index (χ1) is 16.4. The number of esters is 1. The van der Waals surface area contributed by atoms with Crippen LogP contribution in [0.15, 0.2) is 47.0 Å². The van der Waals surface area contributed by atoms with Crippen molar-refractivity contribution in [2.45, 2.75) is 26.3 Å². The van der Waals surface area contributed by atoms with Gasteiger partial charge in [0, 0.05) is 16.5 Å². The van der Waals surface area contributed by atoms with E-state index >= 15 is 0 Å². The van der Waals surface area contributed by atoms with E-state index in [4.69, 9.17) is 32.5 Å². The van der Waals surface area contributed by atoms with Crippen LogP contribution in [0.5, 0.6) is 0 Å².